The number of aryl methyl sites for hydroxylation is 1. The summed E-state index contributed by atoms with van der Waals surface area (Å²) < 4.78 is 33.9. The molecule has 0 saturated carbocycles. The lowest BCUT2D eigenvalue weighted by Gasteiger charge is -2.26. The highest BCUT2D eigenvalue weighted by Crippen LogP contribution is 2.30. The number of pyridine rings is 2. The van der Waals surface area contributed by atoms with Crippen LogP contribution in [0.1, 0.15) is 30.8 Å². The molecule has 0 saturated heterocycles. The van der Waals surface area contributed by atoms with Gasteiger partial charge in [-0.25, -0.2) is 8.78 Å². The van der Waals surface area contributed by atoms with Crippen LogP contribution in [0.15, 0.2) is 52.2 Å². The standard InChI is InChI=1S/C23H23ClF2N4O3/c1-13-10-27-17(20(31)5-6-29(3)4)9-19(13)30-14(2)7-21(22(24)23(30)32)33-12-18-16(26)8-15(25)11-28-18/h5-8,10-11,19H,9,12H2,1-4H3/b6-5+. The summed E-state index contributed by atoms with van der Waals surface area (Å²) in [5.41, 5.74) is 1.00. The van der Waals surface area contributed by atoms with Crippen LogP contribution in [0.4, 0.5) is 8.78 Å². The highest BCUT2D eigenvalue weighted by molar-refractivity contribution is 6.44. The van der Waals surface area contributed by atoms with E-state index in [1.54, 1.807) is 44.4 Å². The van der Waals surface area contributed by atoms with Gasteiger partial charge in [-0.2, -0.15) is 0 Å². The molecule has 1 unspecified atom stereocenters. The maximum Gasteiger partial charge on any atom is 0.273 e. The zero-order chi connectivity index (χ0) is 24.3. The fourth-order valence-electron chi connectivity index (χ4n) is 3.32. The Bertz CT molecular complexity index is 1230. The highest BCUT2D eigenvalue weighted by Gasteiger charge is 2.26. The Kier molecular flexibility index (Phi) is 7.43. The molecule has 2 aromatic heterocycles. The first-order chi connectivity index (χ1) is 15.6. The predicted molar refractivity (Wildman–Crippen MR) is 122 cm³/mol. The lowest BCUT2D eigenvalue weighted by Crippen LogP contribution is -2.32. The first-order valence-corrected chi connectivity index (χ1v) is 10.4. The molecular formula is C23H23ClF2N4O3. The quantitative estimate of drug-likeness (QED) is 0.565. The molecule has 0 N–H and O–H groups in total. The lowest BCUT2D eigenvalue weighted by atomic mass is 9.97. The molecule has 1 atom stereocenters. The Labute approximate surface area is 194 Å². The van der Waals surface area contributed by atoms with Crippen LogP contribution >= 0.6 is 11.6 Å². The van der Waals surface area contributed by atoms with E-state index in [4.69, 9.17) is 16.3 Å². The second kappa shape index (κ2) is 10.1. The minimum absolute atomic E-state index is 0.0530. The van der Waals surface area contributed by atoms with Crippen molar-refractivity contribution in [2.75, 3.05) is 14.1 Å². The summed E-state index contributed by atoms with van der Waals surface area (Å²) in [7, 11) is 3.60. The van der Waals surface area contributed by atoms with Crippen molar-refractivity contribution in [3.8, 4) is 5.75 Å². The number of aromatic nitrogens is 2. The zero-order valence-corrected chi connectivity index (χ0v) is 19.4. The first kappa shape index (κ1) is 24.3. The lowest BCUT2D eigenvalue weighted by molar-refractivity contribution is -0.109. The molecule has 1 aliphatic rings. The molecule has 3 heterocycles. The fourth-order valence-corrected chi connectivity index (χ4v) is 3.52. The van der Waals surface area contributed by atoms with Gasteiger partial charge in [-0.15, -0.1) is 0 Å². The molecule has 2 aromatic rings. The number of carbonyl (C=O) groups is 1. The van der Waals surface area contributed by atoms with Crippen molar-refractivity contribution in [2.24, 2.45) is 4.99 Å². The molecule has 10 heteroatoms. The van der Waals surface area contributed by atoms with Gasteiger partial charge in [0.15, 0.2) is 5.82 Å². The van der Waals surface area contributed by atoms with Crippen molar-refractivity contribution in [2.45, 2.75) is 32.9 Å². The number of rotatable bonds is 7. The largest absolute Gasteiger partial charge is 0.485 e. The number of aliphatic imine (C=N–C) groups is 1. The maximum absolute atomic E-state index is 13.8. The minimum Gasteiger partial charge on any atom is -0.485 e. The number of halogens is 3. The number of ketones is 1. The molecule has 7 nitrogen and oxygen atoms in total. The molecule has 0 bridgehead atoms. The van der Waals surface area contributed by atoms with E-state index in [0.717, 1.165) is 11.8 Å². The van der Waals surface area contributed by atoms with E-state index < -0.39 is 23.2 Å². The van der Waals surface area contributed by atoms with Crippen molar-refractivity contribution in [3.63, 3.8) is 0 Å². The second-order valence-corrected chi connectivity index (χ2v) is 8.20. The van der Waals surface area contributed by atoms with Gasteiger partial charge >= 0.3 is 0 Å². The molecule has 0 fully saturated rings. The average molecular weight is 477 g/mol. The molecule has 0 amide bonds. The number of nitrogens with zero attached hydrogens (tertiary/aromatic N) is 4. The van der Waals surface area contributed by atoms with Gasteiger partial charge < -0.3 is 14.2 Å². The molecule has 0 spiro atoms. The monoisotopic (exact) mass is 476 g/mol. The van der Waals surface area contributed by atoms with Gasteiger partial charge in [0.05, 0.1) is 18.0 Å². The van der Waals surface area contributed by atoms with Crippen molar-refractivity contribution in [1.29, 1.82) is 0 Å². The van der Waals surface area contributed by atoms with Crippen molar-refractivity contribution < 1.29 is 18.3 Å². The Balaban J connectivity index is 1.86. The van der Waals surface area contributed by atoms with Gasteiger partial charge in [-0.1, -0.05) is 11.6 Å². The van der Waals surface area contributed by atoms with Gasteiger partial charge in [0, 0.05) is 56.8 Å². The normalized spacial score (nSPS) is 15.9. The molecule has 3 rings (SSSR count). The maximum atomic E-state index is 13.8. The van der Waals surface area contributed by atoms with Crippen LogP contribution in [0.2, 0.25) is 5.02 Å². The van der Waals surface area contributed by atoms with E-state index in [0.29, 0.717) is 17.5 Å². The van der Waals surface area contributed by atoms with E-state index in [1.165, 1.54) is 10.6 Å². The molecule has 0 aromatic carbocycles. The summed E-state index contributed by atoms with van der Waals surface area (Å²) >= 11 is 6.29. The third-order valence-electron chi connectivity index (χ3n) is 5.05. The Hall–Kier alpha value is -3.33. The van der Waals surface area contributed by atoms with Crippen LogP contribution in [-0.2, 0) is 11.4 Å². The Morgan fingerprint density at radius 1 is 1.33 bits per heavy atom. The third kappa shape index (κ3) is 5.54. The Morgan fingerprint density at radius 3 is 2.73 bits per heavy atom. The average Bonchev–Trinajstić information content (AvgIpc) is 2.75. The summed E-state index contributed by atoms with van der Waals surface area (Å²) in [6.07, 6.45) is 5.72. The smallest absolute Gasteiger partial charge is 0.273 e. The number of carbonyl (C=O) groups excluding carboxylic acids is 1. The van der Waals surface area contributed by atoms with Gasteiger partial charge in [0.2, 0.25) is 5.78 Å². The van der Waals surface area contributed by atoms with E-state index in [2.05, 4.69) is 9.98 Å². The molecular weight excluding hydrogens is 454 g/mol. The predicted octanol–water partition coefficient (Wildman–Crippen LogP) is 4.00. The number of hydrogen-bond acceptors (Lipinski definition) is 6. The zero-order valence-electron chi connectivity index (χ0n) is 18.6. The van der Waals surface area contributed by atoms with Gasteiger partial charge in [-0.3, -0.25) is 19.6 Å². The SMILES string of the molecule is CC1=CN=C(C(=O)/C=C/N(C)C)CC1n1c(C)cc(OCc2ncc(F)cc2F)c(Cl)c1=O. The molecule has 33 heavy (non-hydrogen) atoms. The molecule has 0 radical (unpaired) electrons. The van der Waals surface area contributed by atoms with Crippen LogP contribution in [0.25, 0.3) is 0 Å². The van der Waals surface area contributed by atoms with Crippen molar-refractivity contribution >= 4 is 23.1 Å². The number of ether oxygens (including phenoxy) is 1. The van der Waals surface area contributed by atoms with E-state index in [1.807, 2.05) is 6.92 Å². The molecule has 174 valence electrons. The van der Waals surface area contributed by atoms with Crippen molar-refractivity contribution in [3.05, 3.63) is 80.8 Å². The summed E-state index contributed by atoms with van der Waals surface area (Å²) in [6, 6.07) is 1.80. The fraction of sp³-hybridized carbons (Fsp3) is 0.304. The first-order valence-electron chi connectivity index (χ1n) is 10.0. The van der Waals surface area contributed by atoms with Gasteiger partial charge in [0.25, 0.3) is 5.56 Å². The highest BCUT2D eigenvalue weighted by atomic mass is 35.5. The number of hydrogen-bond donors (Lipinski definition) is 0. The van der Waals surface area contributed by atoms with E-state index in [9.17, 15) is 18.4 Å². The van der Waals surface area contributed by atoms with Crippen molar-refractivity contribution in [1.82, 2.24) is 14.5 Å². The van der Waals surface area contributed by atoms with E-state index >= 15 is 0 Å². The van der Waals surface area contributed by atoms with Crippen LogP contribution in [-0.4, -0.2) is 40.0 Å². The summed E-state index contributed by atoms with van der Waals surface area (Å²) in [6.45, 7) is 3.19. The molecule has 0 aliphatic carbocycles. The van der Waals surface area contributed by atoms with Gasteiger partial charge in [0.1, 0.15) is 28.9 Å². The summed E-state index contributed by atoms with van der Waals surface area (Å²) in [5.74, 6) is -1.86. The Morgan fingerprint density at radius 2 is 2.06 bits per heavy atom. The number of allylic oxidation sites excluding steroid dienone is 2. The summed E-state index contributed by atoms with van der Waals surface area (Å²) in [5, 5.41) is -0.196. The topological polar surface area (TPSA) is 76.8 Å². The minimum atomic E-state index is -0.862. The van der Waals surface area contributed by atoms with Crippen LogP contribution < -0.4 is 10.3 Å². The van der Waals surface area contributed by atoms with Crippen LogP contribution in [0, 0.1) is 18.6 Å². The summed E-state index contributed by atoms with van der Waals surface area (Å²) in [4.78, 5) is 35.2. The second-order valence-electron chi connectivity index (χ2n) is 7.82. The molecule has 1 aliphatic heterocycles. The third-order valence-corrected chi connectivity index (χ3v) is 5.40. The van der Waals surface area contributed by atoms with E-state index in [-0.39, 0.29) is 35.3 Å². The van der Waals surface area contributed by atoms with Gasteiger partial charge in [-0.05, 0) is 19.4 Å². The van der Waals surface area contributed by atoms with Crippen LogP contribution in [0.5, 0.6) is 5.75 Å². The van der Waals surface area contributed by atoms with Crippen LogP contribution in [0.3, 0.4) is 0 Å².